The zero-order valence-corrected chi connectivity index (χ0v) is 20.7. The number of carbonyl (C=O) groups is 4. The molecule has 0 radical (unpaired) electrons. The maximum absolute atomic E-state index is 12.0. The molecule has 194 valence electrons. The second kappa shape index (κ2) is 12.5. The molecular weight excluding hydrogens is 470 g/mol. The lowest BCUT2D eigenvalue weighted by atomic mass is 9.96. The van der Waals surface area contributed by atoms with Crippen LogP contribution in [0.25, 0.3) is 10.8 Å². The van der Waals surface area contributed by atoms with Gasteiger partial charge in [0.1, 0.15) is 18.8 Å². The van der Waals surface area contributed by atoms with Crippen molar-refractivity contribution in [1.29, 1.82) is 0 Å². The van der Waals surface area contributed by atoms with Crippen LogP contribution in [0.15, 0.2) is 42.5 Å². The number of rotatable bonds is 9. The Labute approximate surface area is 209 Å². The van der Waals surface area contributed by atoms with Crippen LogP contribution in [0.3, 0.4) is 0 Å². The van der Waals surface area contributed by atoms with Crippen molar-refractivity contribution in [1.82, 2.24) is 5.32 Å². The predicted molar refractivity (Wildman–Crippen MR) is 128 cm³/mol. The van der Waals surface area contributed by atoms with Gasteiger partial charge in [-0.05, 0) is 22.8 Å². The number of esters is 3. The highest BCUT2D eigenvalue weighted by molar-refractivity contribution is 5.85. The molecule has 1 heterocycles. The summed E-state index contributed by atoms with van der Waals surface area (Å²) in [4.78, 5) is 47.2. The second-order valence-electron chi connectivity index (χ2n) is 8.48. The quantitative estimate of drug-likeness (QED) is 0.406. The molecule has 1 aliphatic rings. The molecule has 1 N–H and O–H groups in total. The van der Waals surface area contributed by atoms with E-state index in [1.165, 1.54) is 27.7 Å². The largest absolute Gasteiger partial charge is 0.463 e. The lowest BCUT2D eigenvalue weighted by Crippen LogP contribution is -2.66. The highest BCUT2D eigenvalue weighted by atomic mass is 16.7. The average molecular weight is 502 g/mol. The Bertz CT molecular complexity index is 1100. The molecule has 2 aromatic carbocycles. The summed E-state index contributed by atoms with van der Waals surface area (Å²) < 4.78 is 28.0. The zero-order chi connectivity index (χ0) is 26.2. The third-order valence-corrected chi connectivity index (χ3v) is 5.60. The summed E-state index contributed by atoms with van der Waals surface area (Å²) in [5.74, 6) is -2.31. The van der Waals surface area contributed by atoms with E-state index in [0.29, 0.717) is 6.42 Å². The van der Waals surface area contributed by atoms with Crippen LogP contribution >= 0.6 is 0 Å². The van der Waals surface area contributed by atoms with Crippen molar-refractivity contribution in [3.8, 4) is 0 Å². The van der Waals surface area contributed by atoms with Crippen molar-refractivity contribution in [2.75, 3.05) is 13.2 Å². The van der Waals surface area contributed by atoms with Gasteiger partial charge in [0, 0.05) is 27.7 Å². The fourth-order valence-electron chi connectivity index (χ4n) is 4.23. The van der Waals surface area contributed by atoms with E-state index in [1.807, 2.05) is 42.5 Å². The van der Waals surface area contributed by atoms with Gasteiger partial charge >= 0.3 is 17.9 Å². The predicted octanol–water partition coefficient (Wildman–Crippen LogP) is 2.05. The Morgan fingerprint density at radius 2 is 1.53 bits per heavy atom. The molecule has 5 atom stereocenters. The molecule has 36 heavy (non-hydrogen) atoms. The minimum absolute atomic E-state index is 0.208. The third kappa shape index (κ3) is 7.25. The number of hydrogen-bond acceptors (Lipinski definition) is 9. The van der Waals surface area contributed by atoms with Crippen LogP contribution in [-0.2, 0) is 49.3 Å². The summed E-state index contributed by atoms with van der Waals surface area (Å²) in [6.45, 7) is 4.84. The SMILES string of the molecule is CC(=O)N[C@H]1[C@@H](OCCc2cccc3ccccc23)O[C@@H](COC(C)=O)[C@@H](OC(C)=O)[C@H]1OC(C)=O. The van der Waals surface area contributed by atoms with E-state index < -0.39 is 54.5 Å². The summed E-state index contributed by atoms with van der Waals surface area (Å²) in [6.07, 6.45) is -3.85. The highest BCUT2D eigenvalue weighted by Gasteiger charge is 2.51. The van der Waals surface area contributed by atoms with E-state index in [-0.39, 0.29) is 13.2 Å². The maximum atomic E-state index is 12.0. The number of nitrogens with one attached hydrogen (secondary N) is 1. The molecule has 1 aliphatic heterocycles. The maximum Gasteiger partial charge on any atom is 0.303 e. The van der Waals surface area contributed by atoms with Crippen molar-refractivity contribution in [2.24, 2.45) is 0 Å². The van der Waals surface area contributed by atoms with Crippen molar-refractivity contribution < 1.29 is 42.9 Å². The van der Waals surface area contributed by atoms with Gasteiger partial charge in [0.15, 0.2) is 18.5 Å². The Hall–Kier alpha value is -3.50. The number of hydrogen-bond donors (Lipinski definition) is 1. The van der Waals surface area contributed by atoms with Crippen molar-refractivity contribution in [3.05, 3.63) is 48.0 Å². The first-order valence-corrected chi connectivity index (χ1v) is 11.6. The van der Waals surface area contributed by atoms with Crippen LogP contribution in [0.5, 0.6) is 0 Å². The van der Waals surface area contributed by atoms with E-state index in [1.54, 1.807) is 0 Å². The molecule has 1 fully saturated rings. The van der Waals surface area contributed by atoms with Gasteiger partial charge in [-0.3, -0.25) is 19.2 Å². The van der Waals surface area contributed by atoms with Crippen molar-refractivity contribution >= 4 is 34.6 Å². The number of amides is 1. The number of benzene rings is 2. The van der Waals surface area contributed by atoms with Crippen LogP contribution in [0.1, 0.15) is 33.3 Å². The number of fused-ring (bicyclic) bond motifs is 1. The van der Waals surface area contributed by atoms with E-state index >= 15 is 0 Å². The van der Waals surface area contributed by atoms with Gasteiger partial charge in [0.05, 0.1) is 6.61 Å². The molecule has 1 amide bonds. The summed E-state index contributed by atoms with van der Waals surface area (Å²) in [5.41, 5.74) is 1.06. The fourth-order valence-corrected chi connectivity index (χ4v) is 4.23. The topological polar surface area (TPSA) is 126 Å². The van der Waals surface area contributed by atoms with Gasteiger partial charge < -0.3 is 29.0 Å². The lowest BCUT2D eigenvalue weighted by Gasteiger charge is -2.44. The van der Waals surface area contributed by atoms with E-state index in [4.69, 9.17) is 23.7 Å². The molecule has 10 heteroatoms. The van der Waals surface area contributed by atoms with E-state index in [0.717, 1.165) is 16.3 Å². The van der Waals surface area contributed by atoms with Crippen LogP contribution in [-0.4, -0.2) is 67.7 Å². The molecule has 0 bridgehead atoms. The minimum Gasteiger partial charge on any atom is -0.463 e. The van der Waals surface area contributed by atoms with Crippen LogP contribution in [0, 0.1) is 0 Å². The minimum atomic E-state index is -1.15. The Kier molecular flexibility index (Phi) is 9.38. The van der Waals surface area contributed by atoms with Crippen molar-refractivity contribution in [2.45, 2.75) is 64.8 Å². The van der Waals surface area contributed by atoms with E-state index in [2.05, 4.69) is 5.32 Å². The molecule has 1 saturated heterocycles. The van der Waals surface area contributed by atoms with E-state index in [9.17, 15) is 19.2 Å². The van der Waals surface area contributed by atoms with Gasteiger partial charge in [-0.25, -0.2) is 0 Å². The van der Waals surface area contributed by atoms with Crippen LogP contribution in [0.2, 0.25) is 0 Å². The van der Waals surface area contributed by atoms with Gasteiger partial charge in [0.2, 0.25) is 5.91 Å². The summed E-state index contributed by atoms with van der Waals surface area (Å²) in [5, 5.41) is 4.88. The lowest BCUT2D eigenvalue weighted by molar-refractivity contribution is -0.277. The second-order valence-corrected chi connectivity index (χ2v) is 8.48. The Morgan fingerprint density at radius 1 is 0.861 bits per heavy atom. The molecule has 3 rings (SSSR count). The van der Waals surface area contributed by atoms with Crippen molar-refractivity contribution in [3.63, 3.8) is 0 Å². The first-order chi connectivity index (χ1) is 17.2. The number of carbonyl (C=O) groups excluding carboxylic acids is 4. The molecule has 2 aromatic rings. The van der Waals surface area contributed by atoms with Crippen LogP contribution in [0.4, 0.5) is 0 Å². The summed E-state index contributed by atoms with van der Waals surface area (Å²) in [6, 6.07) is 13.0. The fraction of sp³-hybridized carbons (Fsp3) is 0.462. The molecule has 0 saturated carbocycles. The van der Waals surface area contributed by atoms with Crippen LogP contribution < -0.4 is 5.32 Å². The zero-order valence-electron chi connectivity index (χ0n) is 20.7. The molecule has 0 unspecified atom stereocenters. The highest BCUT2D eigenvalue weighted by Crippen LogP contribution is 2.28. The van der Waals surface area contributed by atoms with Gasteiger partial charge in [-0.15, -0.1) is 0 Å². The first-order valence-electron chi connectivity index (χ1n) is 11.6. The normalized spacial score (nSPS) is 23.5. The van der Waals surface area contributed by atoms with Gasteiger partial charge in [0.25, 0.3) is 0 Å². The monoisotopic (exact) mass is 501 g/mol. The smallest absolute Gasteiger partial charge is 0.303 e. The molecule has 10 nitrogen and oxygen atoms in total. The number of ether oxygens (including phenoxy) is 5. The van der Waals surface area contributed by atoms with Gasteiger partial charge in [-0.2, -0.15) is 0 Å². The first kappa shape index (κ1) is 27.1. The molecule has 0 aliphatic carbocycles. The summed E-state index contributed by atoms with van der Waals surface area (Å²) in [7, 11) is 0. The summed E-state index contributed by atoms with van der Waals surface area (Å²) >= 11 is 0. The average Bonchev–Trinajstić information content (AvgIpc) is 2.80. The molecule has 0 spiro atoms. The van der Waals surface area contributed by atoms with Gasteiger partial charge in [-0.1, -0.05) is 42.5 Å². The standard InChI is InChI=1S/C26H31NO9/c1-15(28)27-23-25(35-18(4)31)24(34-17(3)30)22(14-33-16(2)29)36-26(23)32-13-12-20-10-7-9-19-8-5-6-11-21(19)20/h5-11,22-26H,12-14H2,1-4H3,(H,27,28)/t22-,23+,24+,25-,26-/m0/s1. The molecule has 0 aromatic heterocycles. The third-order valence-electron chi connectivity index (χ3n) is 5.60. The Balaban J connectivity index is 1.85. The molecular formula is C26H31NO9. The Morgan fingerprint density at radius 3 is 2.19 bits per heavy atom.